The van der Waals surface area contributed by atoms with Crippen molar-refractivity contribution in [3.8, 4) is 5.75 Å². The summed E-state index contributed by atoms with van der Waals surface area (Å²) in [6.45, 7) is 0.375. The highest BCUT2D eigenvalue weighted by Crippen LogP contribution is 2.22. The average Bonchev–Trinajstić information content (AvgIpc) is 2.29. The highest BCUT2D eigenvalue weighted by molar-refractivity contribution is 5.91. The minimum atomic E-state index is -1.70. The topological polar surface area (TPSA) is 43.4 Å². The number of methoxy groups -OCH3 is 1. The van der Waals surface area contributed by atoms with E-state index in [1.54, 1.807) is 0 Å². The molecule has 0 spiro atoms. The molecule has 0 aliphatic heterocycles. The summed E-state index contributed by atoms with van der Waals surface area (Å²) in [5.41, 5.74) is -0.391. The van der Waals surface area contributed by atoms with E-state index >= 15 is 0 Å². The van der Waals surface area contributed by atoms with Gasteiger partial charge in [0.05, 0.1) is 12.7 Å². The molecule has 1 rings (SSSR count). The standard InChI is InChI=1S/C8H6F2O2.C3H5FO/c1-12-7-5(8(10)11)3-2-4-6(7)9;1-3(5)2-4/h2-4H,1H3;2H2,1H3. The molecule has 0 amide bonds. The van der Waals surface area contributed by atoms with E-state index in [0.29, 0.717) is 0 Å². The summed E-state index contributed by atoms with van der Waals surface area (Å²) >= 11 is 0. The molecule has 0 fully saturated rings. The third-order valence-corrected chi connectivity index (χ3v) is 1.57. The molecule has 0 radical (unpaired) electrons. The summed E-state index contributed by atoms with van der Waals surface area (Å²) in [4.78, 5) is 19.7. The van der Waals surface area contributed by atoms with Gasteiger partial charge >= 0.3 is 6.04 Å². The Kier molecular flexibility index (Phi) is 6.62. The van der Waals surface area contributed by atoms with Crippen LogP contribution in [0, 0.1) is 5.82 Å². The van der Waals surface area contributed by atoms with E-state index in [1.807, 2.05) is 0 Å². The molecule has 1 aromatic carbocycles. The fourth-order valence-corrected chi connectivity index (χ4v) is 0.871. The minimum absolute atomic E-state index is 0.356. The first-order chi connectivity index (χ1) is 7.93. The number of Topliss-reactive ketones (excluding diaryl/α,β-unsaturated/α-hetero) is 1. The summed E-state index contributed by atoms with van der Waals surface area (Å²) < 4.78 is 40.2. The summed E-state index contributed by atoms with van der Waals surface area (Å²) in [6, 6.07) is 1.78. The van der Waals surface area contributed by atoms with Gasteiger partial charge in [-0.3, -0.25) is 9.59 Å². The van der Waals surface area contributed by atoms with Gasteiger partial charge in [-0.05, 0) is 19.1 Å². The summed E-state index contributed by atoms with van der Waals surface area (Å²) in [5, 5.41) is 0. The van der Waals surface area contributed by atoms with Crippen LogP contribution in [-0.2, 0) is 4.79 Å². The molecule has 3 nitrogen and oxygen atoms in total. The summed E-state index contributed by atoms with van der Waals surface area (Å²) in [7, 11) is 1.17. The van der Waals surface area contributed by atoms with E-state index in [2.05, 4.69) is 4.74 Å². The maximum Gasteiger partial charge on any atom is 0.335 e. The normalized spacial score (nSPS) is 9.00. The highest BCUT2D eigenvalue weighted by atomic mass is 19.1. The van der Waals surface area contributed by atoms with Gasteiger partial charge in [-0.25, -0.2) is 8.78 Å². The second kappa shape index (κ2) is 7.43. The van der Waals surface area contributed by atoms with Gasteiger partial charge in [-0.15, -0.1) is 0 Å². The lowest BCUT2D eigenvalue weighted by atomic mass is 10.2. The third-order valence-electron chi connectivity index (χ3n) is 1.57. The first-order valence-electron chi connectivity index (χ1n) is 4.51. The van der Waals surface area contributed by atoms with Crippen molar-refractivity contribution < 1.29 is 27.5 Å². The van der Waals surface area contributed by atoms with Crippen LogP contribution in [0.5, 0.6) is 5.75 Å². The quantitative estimate of drug-likeness (QED) is 0.772. The Hall–Kier alpha value is -1.85. The largest absolute Gasteiger partial charge is 0.493 e. The Bertz CT molecular complexity index is 405. The predicted octanol–water partition coefficient (Wildman–Crippen LogP) is 2.49. The van der Waals surface area contributed by atoms with Crippen LogP contribution < -0.4 is 4.74 Å². The van der Waals surface area contributed by atoms with Crippen molar-refractivity contribution in [3.05, 3.63) is 29.6 Å². The second-order valence-corrected chi connectivity index (χ2v) is 2.93. The van der Waals surface area contributed by atoms with Crippen LogP contribution in [0.2, 0.25) is 0 Å². The van der Waals surface area contributed by atoms with Gasteiger partial charge in [0.1, 0.15) is 6.67 Å². The Morgan fingerprint density at radius 2 is 1.88 bits per heavy atom. The van der Waals surface area contributed by atoms with Gasteiger partial charge in [0.25, 0.3) is 0 Å². The molecule has 0 bridgehead atoms. The predicted molar refractivity (Wildman–Crippen MR) is 55.0 cm³/mol. The van der Waals surface area contributed by atoms with Crippen LogP contribution >= 0.6 is 0 Å². The number of hydrogen-bond acceptors (Lipinski definition) is 3. The summed E-state index contributed by atoms with van der Waals surface area (Å²) in [6.07, 6.45) is 0. The van der Waals surface area contributed by atoms with Crippen LogP contribution in [0.4, 0.5) is 13.2 Å². The lowest BCUT2D eigenvalue weighted by Gasteiger charge is -2.03. The number of carbonyl (C=O) groups is 2. The fraction of sp³-hybridized carbons (Fsp3) is 0.273. The molecule has 0 saturated heterocycles. The Balaban J connectivity index is 0.000000437. The molecule has 0 unspecified atom stereocenters. The fourth-order valence-electron chi connectivity index (χ4n) is 0.871. The molecule has 0 saturated carbocycles. The zero-order valence-corrected chi connectivity index (χ0v) is 9.30. The van der Waals surface area contributed by atoms with Crippen molar-refractivity contribution in [1.82, 2.24) is 0 Å². The molecule has 1 aromatic rings. The van der Waals surface area contributed by atoms with Gasteiger partial charge in [0.15, 0.2) is 17.3 Å². The molecule has 94 valence electrons. The maximum atomic E-state index is 12.8. The average molecular weight is 248 g/mol. The number of rotatable bonds is 3. The van der Waals surface area contributed by atoms with E-state index in [1.165, 1.54) is 20.1 Å². The van der Waals surface area contributed by atoms with Crippen LogP contribution in [0.25, 0.3) is 0 Å². The van der Waals surface area contributed by atoms with Crippen molar-refractivity contribution >= 4 is 11.8 Å². The second-order valence-electron chi connectivity index (χ2n) is 2.93. The number of halogens is 3. The molecule has 0 N–H and O–H groups in total. The SMILES string of the molecule is CC(=O)CF.COc1c(F)cccc1C(=O)F. The van der Waals surface area contributed by atoms with Crippen molar-refractivity contribution in [1.29, 1.82) is 0 Å². The van der Waals surface area contributed by atoms with Gasteiger partial charge < -0.3 is 4.74 Å². The number of ketones is 1. The highest BCUT2D eigenvalue weighted by Gasteiger charge is 2.14. The van der Waals surface area contributed by atoms with Crippen LogP contribution in [0.3, 0.4) is 0 Å². The Morgan fingerprint density at radius 3 is 2.18 bits per heavy atom. The first kappa shape index (κ1) is 15.2. The van der Waals surface area contributed by atoms with Crippen LogP contribution in [0.15, 0.2) is 18.2 Å². The molecule has 0 aliphatic rings. The van der Waals surface area contributed by atoms with E-state index < -0.39 is 29.9 Å². The van der Waals surface area contributed by atoms with Crippen molar-refractivity contribution in [2.45, 2.75) is 6.92 Å². The van der Waals surface area contributed by atoms with Gasteiger partial charge in [-0.2, -0.15) is 4.39 Å². The zero-order valence-electron chi connectivity index (χ0n) is 9.30. The maximum absolute atomic E-state index is 12.8. The van der Waals surface area contributed by atoms with Gasteiger partial charge in [0, 0.05) is 0 Å². The first-order valence-corrected chi connectivity index (χ1v) is 4.51. The van der Waals surface area contributed by atoms with E-state index in [4.69, 9.17) is 0 Å². The van der Waals surface area contributed by atoms with Crippen LogP contribution in [0.1, 0.15) is 17.3 Å². The van der Waals surface area contributed by atoms with Crippen molar-refractivity contribution in [2.24, 2.45) is 0 Å². The zero-order chi connectivity index (χ0) is 13.4. The van der Waals surface area contributed by atoms with Gasteiger partial charge in [0.2, 0.25) is 0 Å². The molecule has 0 heterocycles. The number of hydrogen-bond donors (Lipinski definition) is 0. The van der Waals surface area contributed by atoms with Gasteiger partial charge in [-0.1, -0.05) is 6.07 Å². The van der Waals surface area contributed by atoms with E-state index in [0.717, 1.165) is 12.1 Å². The van der Waals surface area contributed by atoms with Crippen LogP contribution in [-0.4, -0.2) is 25.6 Å². The molecular formula is C11H11F3O3. The summed E-state index contributed by atoms with van der Waals surface area (Å²) in [5.74, 6) is -1.52. The van der Waals surface area contributed by atoms with Crippen molar-refractivity contribution in [2.75, 3.05) is 13.8 Å². The molecule has 17 heavy (non-hydrogen) atoms. The monoisotopic (exact) mass is 248 g/mol. The number of ether oxygens (including phenoxy) is 1. The van der Waals surface area contributed by atoms with Crippen molar-refractivity contribution in [3.63, 3.8) is 0 Å². The Labute approximate surface area is 96.2 Å². The molecule has 0 atom stereocenters. The minimum Gasteiger partial charge on any atom is -0.493 e. The third kappa shape index (κ3) is 5.14. The number of alkyl halides is 1. The lowest BCUT2D eigenvalue weighted by Crippen LogP contribution is -1.98. The lowest BCUT2D eigenvalue weighted by molar-refractivity contribution is -0.117. The number of benzene rings is 1. The molecule has 0 aromatic heterocycles. The number of para-hydroxylation sites is 1. The number of carbonyl (C=O) groups excluding carboxylic acids is 2. The molecule has 6 heteroatoms. The molecule has 0 aliphatic carbocycles. The Morgan fingerprint density at radius 1 is 1.35 bits per heavy atom. The van der Waals surface area contributed by atoms with E-state index in [9.17, 15) is 22.8 Å². The molecular weight excluding hydrogens is 237 g/mol. The smallest absolute Gasteiger partial charge is 0.335 e. The van der Waals surface area contributed by atoms with E-state index in [-0.39, 0.29) is 5.75 Å².